The number of nitrogens with zero attached hydrogens (tertiary/aromatic N) is 2. The number of fused-ring (bicyclic) bond motifs is 11. The lowest BCUT2D eigenvalue weighted by molar-refractivity contribution is 0.669. The molecule has 0 aliphatic rings. The molecule has 0 radical (unpaired) electrons. The molecule has 0 unspecified atom stereocenters. The Balaban J connectivity index is 1.03. The van der Waals surface area contributed by atoms with Gasteiger partial charge in [-0.25, -0.2) is 0 Å². The second kappa shape index (κ2) is 12.0. The fraction of sp³-hybridized carbons (Fsp3) is 0. The predicted molar refractivity (Wildman–Crippen MR) is 233 cm³/mol. The van der Waals surface area contributed by atoms with Crippen molar-refractivity contribution < 1.29 is 8.83 Å². The SMILES string of the molecule is c1ccc2c(c1)ccc1c2oc2cccc(N(c3ccc(-c4ccc5c(c4)oc4ccccc45)cc3)c3ccc(-n4c5ccccc5c5ccccc54)cc3)c21. The summed E-state index contributed by atoms with van der Waals surface area (Å²) in [5, 5.41) is 9.22. The lowest BCUT2D eigenvalue weighted by Crippen LogP contribution is -2.10. The van der Waals surface area contributed by atoms with Crippen LogP contribution in [0.3, 0.4) is 0 Å². The fourth-order valence-corrected chi connectivity index (χ4v) is 8.81. The van der Waals surface area contributed by atoms with Crippen LogP contribution in [-0.2, 0) is 0 Å². The molecule has 0 aliphatic carbocycles. The molecule has 262 valence electrons. The molecule has 0 atom stereocenters. The van der Waals surface area contributed by atoms with Crippen LogP contribution in [0.1, 0.15) is 0 Å². The van der Waals surface area contributed by atoms with Gasteiger partial charge in [-0.1, -0.05) is 109 Å². The maximum Gasteiger partial charge on any atom is 0.143 e. The number of anilines is 3. The van der Waals surface area contributed by atoms with Gasteiger partial charge in [0, 0.05) is 49.4 Å². The second-order valence-electron chi connectivity index (χ2n) is 14.5. The number of rotatable bonds is 5. The van der Waals surface area contributed by atoms with Gasteiger partial charge in [-0.2, -0.15) is 0 Å². The van der Waals surface area contributed by atoms with E-state index in [0.717, 1.165) is 88.5 Å². The smallest absolute Gasteiger partial charge is 0.143 e. The van der Waals surface area contributed by atoms with E-state index in [9.17, 15) is 0 Å². The minimum absolute atomic E-state index is 0.858. The van der Waals surface area contributed by atoms with E-state index in [4.69, 9.17) is 8.83 Å². The van der Waals surface area contributed by atoms with Crippen molar-refractivity contribution in [1.82, 2.24) is 4.57 Å². The van der Waals surface area contributed by atoms with Gasteiger partial charge in [0.2, 0.25) is 0 Å². The highest BCUT2D eigenvalue weighted by atomic mass is 16.3. The Labute approximate surface area is 321 Å². The van der Waals surface area contributed by atoms with Crippen molar-refractivity contribution in [2.45, 2.75) is 0 Å². The zero-order valence-electron chi connectivity index (χ0n) is 30.2. The summed E-state index contributed by atoms with van der Waals surface area (Å²) in [7, 11) is 0. The molecule has 3 heterocycles. The Bertz CT molecular complexity index is 3420. The van der Waals surface area contributed by atoms with Crippen molar-refractivity contribution in [1.29, 1.82) is 0 Å². The minimum Gasteiger partial charge on any atom is -0.456 e. The number of benzene rings is 9. The van der Waals surface area contributed by atoms with E-state index in [0.29, 0.717) is 0 Å². The highest BCUT2D eigenvalue weighted by Crippen LogP contribution is 2.45. The predicted octanol–water partition coefficient (Wildman–Crippen LogP) is 14.9. The van der Waals surface area contributed by atoms with Gasteiger partial charge in [-0.05, 0) is 101 Å². The second-order valence-corrected chi connectivity index (χ2v) is 14.5. The van der Waals surface area contributed by atoms with E-state index >= 15 is 0 Å². The summed E-state index contributed by atoms with van der Waals surface area (Å²) >= 11 is 0. The molecule has 4 nitrogen and oxygen atoms in total. The van der Waals surface area contributed by atoms with Crippen LogP contribution in [-0.4, -0.2) is 4.57 Å². The van der Waals surface area contributed by atoms with Crippen molar-refractivity contribution in [3.05, 3.63) is 194 Å². The summed E-state index contributed by atoms with van der Waals surface area (Å²) in [6.45, 7) is 0. The molecular weight excluding hydrogens is 685 g/mol. The van der Waals surface area contributed by atoms with Crippen LogP contribution in [0, 0.1) is 0 Å². The molecule has 56 heavy (non-hydrogen) atoms. The van der Waals surface area contributed by atoms with Crippen LogP contribution in [0.25, 0.3) is 93.3 Å². The van der Waals surface area contributed by atoms with Crippen molar-refractivity contribution in [3.8, 4) is 16.8 Å². The van der Waals surface area contributed by atoms with Crippen LogP contribution in [0.4, 0.5) is 17.1 Å². The molecule has 9 aromatic carbocycles. The first kappa shape index (κ1) is 30.9. The quantitative estimate of drug-likeness (QED) is 0.178. The summed E-state index contributed by atoms with van der Waals surface area (Å²) in [6, 6.07) is 69.0. The Hall–Kier alpha value is -7.56. The van der Waals surface area contributed by atoms with E-state index in [-0.39, 0.29) is 0 Å². The van der Waals surface area contributed by atoms with E-state index in [1.807, 2.05) is 12.1 Å². The molecule has 0 bridgehead atoms. The van der Waals surface area contributed by atoms with Crippen molar-refractivity contribution in [2.24, 2.45) is 0 Å². The van der Waals surface area contributed by atoms with Gasteiger partial charge in [-0.15, -0.1) is 0 Å². The monoisotopic (exact) mass is 716 g/mol. The van der Waals surface area contributed by atoms with Crippen LogP contribution < -0.4 is 4.90 Å². The Morgan fingerprint density at radius 2 is 0.964 bits per heavy atom. The standard InChI is InChI=1S/C52H32N2O2/c1-2-11-39-34(10-1)22-31-44-51-47(17-9-19-49(51)56-52(39)44)53(36-24-20-33(21-25-36)35-23-30-43-42-14-5-8-18-48(42)55-50(43)32-35)37-26-28-38(29-27-37)54-45-15-6-3-12-40(45)41-13-4-7-16-46(41)54/h1-32H. The third kappa shape index (κ3) is 4.60. The van der Waals surface area contributed by atoms with Gasteiger partial charge in [0.15, 0.2) is 0 Å². The first-order valence-electron chi connectivity index (χ1n) is 19.0. The summed E-state index contributed by atoms with van der Waals surface area (Å²) < 4.78 is 15.3. The molecule has 12 rings (SSSR count). The fourth-order valence-electron chi connectivity index (χ4n) is 8.81. The lowest BCUT2D eigenvalue weighted by Gasteiger charge is -2.27. The van der Waals surface area contributed by atoms with Crippen LogP contribution in [0.2, 0.25) is 0 Å². The molecular formula is C52H32N2O2. The highest BCUT2D eigenvalue weighted by Gasteiger charge is 2.21. The summed E-state index contributed by atoms with van der Waals surface area (Å²) in [5.41, 5.74) is 12.4. The third-order valence-electron chi connectivity index (χ3n) is 11.4. The van der Waals surface area contributed by atoms with Crippen LogP contribution >= 0.6 is 0 Å². The average molecular weight is 717 g/mol. The van der Waals surface area contributed by atoms with Gasteiger partial charge < -0.3 is 18.3 Å². The average Bonchev–Trinajstić information content (AvgIpc) is 3.94. The first-order valence-corrected chi connectivity index (χ1v) is 19.0. The largest absolute Gasteiger partial charge is 0.456 e. The molecule has 0 fully saturated rings. The maximum absolute atomic E-state index is 6.67. The summed E-state index contributed by atoms with van der Waals surface area (Å²) in [4.78, 5) is 2.36. The molecule has 0 aliphatic heterocycles. The van der Waals surface area contributed by atoms with Crippen molar-refractivity contribution in [2.75, 3.05) is 4.90 Å². The molecule has 0 spiro atoms. The Morgan fingerprint density at radius 1 is 0.375 bits per heavy atom. The molecule has 0 amide bonds. The number of furan rings is 2. The van der Waals surface area contributed by atoms with E-state index in [1.165, 1.54) is 21.8 Å². The van der Waals surface area contributed by atoms with Crippen molar-refractivity contribution in [3.63, 3.8) is 0 Å². The van der Waals surface area contributed by atoms with Gasteiger partial charge in [-0.3, -0.25) is 0 Å². The maximum atomic E-state index is 6.67. The molecule has 4 heteroatoms. The Kier molecular flexibility index (Phi) is 6.60. The zero-order chi connectivity index (χ0) is 36.7. The molecule has 3 aromatic heterocycles. The van der Waals surface area contributed by atoms with E-state index in [1.54, 1.807) is 0 Å². The van der Waals surface area contributed by atoms with Gasteiger partial charge in [0.25, 0.3) is 0 Å². The molecule has 0 saturated heterocycles. The third-order valence-corrected chi connectivity index (χ3v) is 11.4. The molecule has 0 saturated carbocycles. The number of aromatic nitrogens is 1. The van der Waals surface area contributed by atoms with Gasteiger partial charge >= 0.3 is 0 Å². The Morgan fingerprint density at radius 3 is 1.73 bits per heavy atom. The number of hydrogen-bond acceptors (Lipinski definition) is 3. The van der Waals surface area contributed by atoms with Gasteiger partial charge in [0.1, 0.15) is 22.3 Å². The van der Waals surface area contributed by atoms with E-state index in [2.05, 4.69) is 191 Å². The van der Waals surface area contributed by atoms with Crippen LogP contribution in [0.15, 0.2) is 203 Å². The molecule has 12 aromatic rings. The number of hydrogen-bond donors (Lipinski definition) is 0. The number of para-hydroxylation sites is 3. The van der Waals surface area contributed by atoms with Gasteiger partial charge in [0.05, 0.1) is 22.1 Å². The minimum atomic E-state index is 0.858. The first-order chi connectivity index (χ1) is 27.8. The zero-order valence-corrected chi connectivity index (χ0v) is 30.2. The highest BCUT2D eigenvalue weighted by molar-refractivity contribution is 6.19. The van der Waals surface area contributed by atoms with Crippen LogP contribution in [0.5, 0.6) is 0 Å². The van der Waals surface area contributed by atoms with Crippen molar-refractivity contribution >= 4 is 93.5 Å². The lowest BCUT2D eigenvalue weighted by atomic mass is 10.0. The summed E-state index contributed by atoms with van der Waals surface area (Å²) in [6.07, 6.45) is 0. The summed E-state index contributed by atoms with van der Waals surface area (Å²) in [5.74, 6) is 0. The van der Waals surface area contributed by atoms with E-state index < -0.39 is 0 Å². The normalized spacial score (nSPS) is 11.9. The topological polar surface area (TPSA) is 34.5 Å². The molecule has 0 N–H and O–H groups in total.